The Balaban J connectivity index is 4.48. The van der Waals surface area contributed by atoms with Gasteiger partial charge < -0.3 is 20.9 Å². The molecule has 0 aliphatic carbocycles. The molecular formula is C14H29N5O2. The molecule has 0 aliphatic rings. The number of amides is 2. The van der Waals surface area contributed by atoms with E-state index in [2.05, 4.69) is 20.9 Å². The van der Waals surface area contributed by atoms with Crippen LogP contribution in [0.15, 0.2) is 4.99 Å². The Kier molecular flexibility index (Phi) is 8.42. The number of likely N-dealkylation sites (N-methyl/N-ethyl adjacent to an activating group) is 1. The lowest BCUT2D eigenvalue weighted by Gasteiger charge is -2.20. The monoisotopic (exact) mass is 299 g/mol. The third-order valence-corrected chi connectivity index (χ3v) is 2.34. The molecule has 2 amide bonds. The number of carbonyl (C=O) groups is 2. The lowest BCUT2D eigenvalue weighted by atomic mass is 10.1. The number of rotatable bonds is 6. The van der Waals surface area contributed by atoms with Gasteiger partial charge in [-0.2, -0.15) is 0 Å². The van der Waals surface area contributed by atoms with Crippen molar-refractivity contribution in [1.82, 2.24) is 20.9 Å². The predicted molar refractivity (Wildman–Crippen MR) is 85.2 cm³/mol. The van der Waals surface area contributed by atoms with Gasteiger partial charge in [-0.3, -0.25) is 9.59 Å². The summed E-state index contributed by atoms with van der Waals surface area (Å²) in [6.45, 7) is 8.66. The molecule has 7 heteroatoms. The Labute approximate surface area is 127 Å². The minimum absolute atomic E-state index is 0.0203. The van der Waals surface area contributed by atoms with Gasteiger partial charge in [0.1, 0.15) is 6.54 Å². The van der Waals surface area contributed by atoms with Crippen LogP contribution in [-0.2, 0) is 9.59 Å². The first-order chi connectivity index (χ1) is 9.65. The topological polar surface area (TPSA) is 85.8 Å². The number of nitrogens with one attached hydrogen (secondary N) is 3. The molecule has 0 unspecified atom stereocenters. The van der Waals surface area contributed by atoms with E-state index in [9.17, 15) is 9.59 Å². The SMILES string of the molecule is CCCNC(=NCC(=O)NC(C)(C)C)NCC(=O)N(C)C. The number of hydrogen-bond acceptors (Lipinski definition) is 3. The van der Waals surface area contributed by atoms with Gasteiger partial charge in [-0.15, -0.1) is 0 Å². The summed E-state index contributed by atoms with van der Waals surface area (Å²) < 4.78 is 0. The zero-order valence-electron chi connectivity index (χ0n) is 14.0. The minimum Gasteiger partial charge on any atom is -0.356 e. The third-order valence-electron chi connectivity index (χ3n) is 2.34. The summed E-state index contributed by atoms with van der Waals surface area (Å²) in [5.41, 5.74) is -0.280. The summed E-state index contributed by atoms with van der Waals surface area (Å²) in [5, 5.41) is 8.83. The lowest BCUT2D eigenvalue weighted by Crippen LogP contribution is -2.45. The third kappa shape index (κ3) is 10.6. The maximum absolute atomic E-state index is 11.7. The summed E-state index contributed by atoms with van der Waals surface area (Å²) in [6, 6.07) is 0. The zero-order chi connectivity index (χ0) is 16.5. The Bertz CT molecular complexity index is 372. The van der Waals surface area contributed by atoms with Crippen molar-refractivity contribution < 1.29 is 9.59 Å². The summed E-state index contributed by atoms with van der Waals surface area (Å²) in [4.78, 5) is 29.0. The van der Waals surface area contributed by atoms with E-state index in [1.54, 1.807) is 14.1 Å². The lowest BCUT2D eigenvalue weighted by molar-refractivity contribution is -0.127. The summed E-state index contributed by atoms with van der Waals surface area (Å²) >= 11 is 0. The van der Waals surface area contributed by atoms with Crippen molar-refractivity contribution >= 4 is 17.8 Å². The summed E-state index contributed by atoms with van der Waals surface area (Å²) in [7, 11) is 3.38. The summed E-state index contributed by atoms with van der Waals surface area (Å²) in [5.74, 6) is 0.260. The molecule has 7 nitrogen and oxygen atoms in total. The van der Waals surface area contributed by atoms with E-state index < -0.39 is 0 Å². The van der Waals surface area contributed by atoms with Crippen molar-refractivity contribution in [3.8, 4) is 0 Å². The number of nitrogens with zero attached hydrogens (tertiary/aromatic N) is 2. The van der Waals surface area contributed by atoms with E-state index in [0.29, 0.717) is 5.96 Å². The van der Waals surface area contributed by atoms with E-state index in [4.69, 9.17) is 0 Å². The van der Waals surface area contributed by atoms with E-state index in [0.717, 1.165) is 13.0 Å². The standard InChI is InChI=1S/C14H29N5O2/c1-7-8-15-13(17-10-12(21)19(5)6)16-9-11(20)18-14(2,3)4/h7-10H2,1-6H3,(H,18,20)(H2,15,16,17). The highest BCUT2D eigenvalue weighted by atomic mass is 16.2. The predicted octanol–water partition coefficient (Wildman–Crippen LogP) is -0.0655. The molecule has 3 N–H and O–H groups in total. The van der Waals surface area contributed by atoms with Gasteiger partial charge in [0.25, 0.3) is 0 Å². The molecule has 0 rings (SSSR count). The van der Waals surface area contributed by atoms with Crippen molar-refractivity contribution in [3.05, 3.63) is 0 Å². The van der Waals surface area contributed by atoms with Crippen LogP contribution in [-0.4, -0.2) is 61.9 Å². The number of carbonyl (C=O) groups excluding carboxylic acids is 2. The van der Waals surface area contributed by atoms with Crippen molar-refractivity contribution in [2.24, 2.45) is 4.99 Å². The van der Waals surface area contributed by atoms with E-state index in [1.165, 1.54) is 4.90 Å². The van der Waals surface area contributed by atoms with Gasteiger partial charge in [-0.1, -0.05) is 6.92 Å². The molecule has 0 aromatic rings. The normalized spacial score (nSPS) is 11.8. The number of hydrogen-bond donors (Lipinski definition) is 3. The van der Waals surface area contributed by atoms with Crippen molar-refractivity contribution in [3.63, 3.8) is 0 Å². The molecule has 0 radical (unpaired) electrons. The maximum atomic E-state index is 11.7. The van der Waals surface area contributed by atoms with Gasteiger partial charge in [0.2, 0.25) is 11.8 Å². The van der Waals surface area contributed by atoms with E-state index in [-0.39, 0.29) is 30.4 Å². The van der Waals surface area contributed by atoms with Crippen LogP contribution in [0.5, 0.6) is 0 Å². The van der Waals surface area contributed by atoms with Gasteiger partial charge in [0.05, 0.1) is 6.54 Å². The smallest absolute Gasteiger partial charge is 0.242 e. The molecule has 0 aromatic carbocycles. The molecule has 0 saturated heterocycles. The van der Waals surface area contributed by atoms with Gasteiger partial charge in [0.15, 0.2) is 5.96 Å². The van der Waals surface area contributed by atoms with E-state index >= 15 is 0 Å². The van der Waals surface area contributed by atoms with Crippen LogP contribution in [0.4, 0.5) is 0 Å². The Morgan fingerprint density at radius 2 is 1.76 bits per heavy atom. The van der Waals surface area contributed by atoms with Crippen molar-refractivity contribution in [2.75, 3.05) is 33.7 Å². The molecular weight excluding hydrogens is 270 g/mol. The zero-order valence-corrected chi connectivity index (χ0v) is 14.0. The molecule has 0 saturated carbocycles. The quantitative estimate of drug-likeness (QED) is 0.473. The Morgan fingerprint density at radius 3 is 2.24 bits per heavy atom. The van der Waals surface area contributed by atoms with Gasteiger partial charge in [-0.05, 0) is 27.2 Å². The fourth-order valence-corrected chi connectivity index (χ4v) is 1.34. The maximum Gasteiger partial charge on any atom is 0.242 e. The van der Waals surface area contributed by atoms with Gasteiger partial charge in [0, 0.05) is 26.2 Å². The molecule has 0 spiro atoms. The van der Waals surface area contributed by atoms with Crippen LogP contribution >= 0.6 is 0 Å². The van der Waals surface area contributed by atoms with Crippen LogP contribution in [0.25, 0.3) is 0 Å². The summed E-state index contributed by atoms with van der Waals surface area (Å²) in [6.07, 6.45) is 0.927. The molecule has 0 aliphatic heterocycles. The molecule has 0 bridgehead atoms. The fraction of sp³-hybridized carbons (Fsp3) is 0.786. The Hall–Kier alpha value is -1.79. The van der Waals surface area contributed by atoms with Crippen LogP contribution < -0.4 is 16.0 Å². The molecule has 0 fully saturated rings. The van der Waals surface area contributed by atoms with Crippen LogP contribution in [0.1, 0.15) is 34.1 Å². The highest BCUT2D eigenvalue weighted by Gasteiger charge is 2.13. The average Bonchev–Trinajstić information content (AvgIpc) is 2.35. The Morgan fingerprint density at radius 1 is 1.14 bits per heavy atom. The van der Waals surface area contributed by atoms with E-state index in [1.807, 2.05) is 27.7 Å². The average molecular weight is 299 g/mol. The second kappa shape index (κ2) is 9.20. The molecule has 0 aromatic heterocycles. The van der Waals surface area contributed by atoms with Crippen molar-refractivity contribution in [1.29, 1.82) is 0 Å². The highest BCUT2D eigenvalue weighted by Crippen LogP contribution is 1.97. The molecule has 21 heavy (non-hydrogen) atoms. The number of aliphatic imine (C=N–C) groups is 1. The van der Waals surface area contributed by atoms with Gasteiger partial charge in [-0.25, -0.2) is 4.99 Å². The minimum atomic E-state index is -0.280. The second-order valence-corrected chi connectivity index (χ2v) is 6.03. The molecule has 122 valence electrons. The highest BCUT2D eigenvalue weighted by molar-refractivity contribution is 5.88. The largest absolute Gasteiger partial charge is 0.356 e. The first-order valence-corrected chi connectivity index (χ1v) is 7.19. The first kappa shape index (κ1) is 19.2. The fourth-order valence-electron chi connectivity index (χ4n) is 1.34. The van der Waals surface area contributed by atoms with Crippen LogP contribution in [0.3, 0.4) is 0 Å². The molecule has 0 heterocycles. The first-order valence-electron chi connectivity index (χ1n) is 7.19. The number of guanidine groups is 1. The van der Waals surface area contributed by atoms with Crippen LogP contribution in [0, 0.1) is 0 Å². The second-order valence-electron chi connectivity index (χ2n) is 6.03. The van der Waals surface area contributed by atoms with Crippen LogP contribution in [0.2, 0.25) is 0 Å². The van der Waals surface area contributed by atoms with Crippen molar-refractivity contribution in [2.45, 2.75) is 39.7 Å². The molecule has 0 atom stereocenters. The van der Waals surface area contributed by atoms with Gasteiger partial charge >= 0.3 is 0 Å².